The smallest absolute Gasteiger partial charge is 0.244 e. The molecule has 0 radical (unpaired) electrons. The molecule has 0 aliphatic carbocycles. The van der Waals surface area contributed by atoms with Crippen molar-refractivity contribution in [3.8, 4) is 11.5 Å². The van der Waals surface area contributed by atoms with Crippen LogP contribution in [0.2, 0.25) is 10.0 Å². The summed E-state index contributed by atoms with van der Waals surface area (Å²) in [6.45, 7) is 3.72. The Kier molecular flexibility index (Phi) is 12.1. The standard InChI is InChI=1S/C31H37Cl2N3O6S/c1-21(2)18-34-31(38)28(16-22-9-7-6-8-10-22)35(19-23-11-13-25(32)26(33)15-23)30(37)20-36(43(5,39)40)27-14-12-24(41-3)17-29(27)42-4/h6-15,17,21,28H,16,18-20H2,1-5H3,(H,34,38). The van der Waals surface area contributed by atoms with Crippen LogP contribution in [0.5, 0.6) is 11.5 Å². The van der Waals surface area contributed by atoms with E-state index >= 15 is 0 Å². The highest BCUT2D eigenvalue weighted by Crippen LogP contribution is 2.34. The molecule has 0 aromatic heterocycles. The second-order valence-electron chi connectivity index (χ2n) is 10.4. The molecule has 2 amide bonds. The van der Waals surface area contributed by atoms with Crippen LogP contribution in [0.1, 0.15) is 25.0 Å². The number of carbonyl (C=O) groups is 2. The maximum Gasteiger partial charge on any atom is 0.244 e. The van der Waals surface area contributed by atoms with Gasteiger partial charge in [-0.2, -0.15) is 0 Å². The second-order valence-corrected chi connectivity index (χ2v) is 13.1. The van der Waals surface area contributed by atoms with Crippen LogP contribution >= 0.6 is 23.2 Å². The number of sulfonamides is 1. The third kappa shape index (κ3) is 9.51. The first-order chi connectivity index (χ1) is 20.3. The molecule has 1 unspecified atom stereocenters. The molecular formula is C31H37Cl2N3O6S. The average Bonchev–Trinajstić information content (AvgIpc) is 2.97. The van der Waals surface area contributed by atoms with Crippen LogP contribution in [-0.2, 0) is 32.6 Å². The Morgan fingerprint density at radius 1 is 0.907 bits per heavy atom. The maximum atomic E-state index is 14.2. The Hall–Kier alpha value is -3.47. The number of benzene rings is 3. The number of nitrogens with zero attached hydrogens (tertiary/aromatic N) is 2. The number of hydrogen-bond donors (Lipinski definition) is 1. The molecule has 3 aromatic carbocycles. The number of hydrogen-bond acceptors (Lipinski definition) is 6. The molecule has 0 aliphatic heterocycles. The van der Waals surface area contributed by atoms with Crippen LogP contribution in [0.4, 0.5) is 5.69 Å². The van der Waals surface area contributed by atoms with Crippen molar-refractivity contribution in [2.75, 3.05) is 37.9 Å². The number of ether oxygens (including phenoxy) is 2. The number of halogens is 2. The molecule has 0 fully saturated rings. The third-order valence-corrected chi connectivity index (χ3v) is 8.49. The highest BCUT2D eigenvalue weighted by Gasteiger charge is 2.34. The van der Waals surface area contributed by atoms with Gasteiger partial charge in [0.25, 0.3) is 0 Å². The zero-order valence-electron chi connectivity index (χ0n) is 24.8. The van der Waals surface area contributed by atoms with Gasteiger partial charge in [0.1, 0.15) is 24.1 Å². The Morgan fingerprint density at radius 3 is 2.19 bits per heavy atom. The van der Waals surface area contributed by atoms with E-state index in [1.165, 1.54) is 31.3 Å². The van der Waals surface area contributed by atoms with Crippen molar-refractivity contribution in [2.45, 2.75) is 32.9 Å². The Labute approximate surface area is 263 Å². The van der Waals surface area contributed by atoms with E-state index in [-0.39, 0.29) is 41.3 Å². The number of anilines is 1. The van der Waals surface area contributed by atoms with Crippen LogP contribution in [0.25, 0.3) is 0 Å². The molecule has 9 nitrogen and oxygen atoms in total. The summed E-state index contributed by atoms with van der Waals surface area (Å²) in [7, 11) is -1.11. The summed E-state index contributed by atoms with van der Waals surface area (Å²) >= 11 is 12.4. The minimum absolute atomic E-state index is 0.0281. The van der Waals surface area contributed by atoms with Crippen LogP contribution in [-0.4, -0.2) is 64.7 Å². The zero-order chi connectivity index (χ0) is 31.7. The van der Waals surface area contributed by atoms with Gasteiger partial charge in [-0.1, -0.05) is 73.4 Å². The topological polar surface area (TPSA) is 105 Å². The summed E-state index contributed by atoms with van der Waals surface area (Å²) in [4.78, 5) is 29.3. The van der Waals surface area contributed by atoms with Crippen LogP contribution < -0.4 is 19.1 Å². The molecule has 43 heavy (non-hydrogen) atoms. The number of carbonyl (C=O) groups excluding carboxylic acids is 2. The quantitative estimate of drug-likeness (QED) is 0.258. The van der Waals surface area contributed by atoms with Gasteiger partial charge in [-0.05, 0) is 41.3 Å². The van der Waals surface area contributed by atoms with Gasteiger partial charge in [0, 0.05) is 25.6 Å². The van der Waals surface area contributed by atoms with Gasteiger partial charge in [-0.15, -0.1) is 0 Å². The van der Waals surface area contributed by atoms with Gasteiger partial charge in [-0.3, -0.25) is 13.9 Å². The molecule has 0 saturated carbocycles. The highest BCUT2D eigenvalue weighted by molar-refractivity contribution is 7.92. The molecule has 1 N–H and O–H groups in total. The Morgan fingerprint density at radius 2 is 1.60 bits per heavy atom. The van der Waals surface area contributed by atoms with Gasteiger partial charge in [0.15, 0.2) is 0 Å². The van der Waals surface area contributed by atoms with Gasteiger partial charge in [0.05, 0.1) is 36.2 Å². The zero-order valence-corrected chi connectivity index (χ0v) is 27.2. The van der Waals surface area contributed by atoms with Crippen molar-refractivity contribution in [1.29, 1.82) is 0 Å². The number of methoxy groups -OCH3 is 2. The maximum absolute atomic E-state index is 14.2. The van der Waals surface area contributed by atoms with E-state index in [1.54, 1.807) is 24.3 Å². The number of amides is 2. The van der Waals surface area contributed by atoms with Gasteiger partial charge in [0.2, 0.25) is 21.8 Å². The molecule has 0 saturated heterocycles. The SMILES string of the molecule is COc1ccc(N(CC(=O)N(Cc2ccc(Cl)c(Cl)c2)C(Cc2ccccc2)C(=O)NCC(C)C)S(C)(=O)=O)c(OC)c1. The molecule has 12 heteroatoms. The first kappa shape index (κ1) is 34.0. The Balaban J connectivity index is 2.10. The third-order valence-electron chi connectivity index (χ3n) is 6.63. The fourth-order valence-electron chi connectivity index (χ4n) is 4.40. The predicted molar refractivity (Wildman–Crippen MR) is 171 cm³/mol. The minimum atomic E-state index is -3.98. The summed E-state index contributed by atoms with van der Waals surface area (Å²) in [5.74, 6) is -0.145. The van der Waals surface area contributed by atoms with Crippen LogP contribution in [0.3, 0.4) is 0 Å². The van der Waals surface area contributed by atoms with Crippen molar-refractivity contribution >= 4 is 50.7 Å². The largest absolute Gasteiger partial charge is 0.497 e. The van der Waals surface area contributed by atoms with Crippen molar-refractivity contribution in [3.63, 3.8) is 0 Å². The lowest BCUT2D eigenvalue weighted by molar-refractivity contribution is -0.140. The van der Waals surface area contributed by atoms with E-state index in [4.69, 9.17) is 32.7 Å². The van der Waals surface area contributed by atoms with Crippen LogP contribution in [0.15, 0.2) is 66.7 Å². The van der Waals surface area contributed by atoms with Crippen molar-refractivity contribution in [3.05, 3.63) is 87.9 Å². The van der Waals surface area contributed by atoms with Gasteiger partial charge in [-0.25, -0.2) is 8.42 Å². The van der Waals surface area contributed by atoms with E-state index in [0.717, 1.165) is 16.1 Å². The number of nitrogens with one attached hydrogen (secondary N) is 1. The highest BCUT2D eigenvalue weighted by atomic mass is 35.5. The number of rotatable bonds is 14. The van der Waals surface area contributed by atoms with Crippen molar-refractivity contribution < 1.29 is 27.5 Å². The first-order valence-corrected chi connectivity index (χ1v) is 16.2. The molecule has 0 aliphatic rings. The predicted octanol–water partition coefficient (Wildman–Crippen LogP) is 5.19. The van der Waals surface area contributed by atoms with Gasteiger partial charge >= 0.3 is 0 Å². The normalized spacial score (nSPS) is 12.0. The minimum Gasteiger partial charge on any atom is -0.497 e. The summed E-state index contributed by atoms with van der Waals surface area (Å²) in [6.07, 6.45) is 1.20. The lowest BCUT2D eigenvalue weighted by Gasteiger charge is -2.34. The Bertz CT molecular complexity index is 1520. The summed E-state index contributed by atoms with van der Waals surface area (Å²) in [5, 5.41) is 3.57. The van der Waals surface area contributed by atoms with E-state index in [2.05, 4.69) is 5.32 Å². The molecule has 0 bridgehead atoms. The second kappa shape index (κ2) is 15.3. The van der Waals surface area contributed by atoms with Crippen LogP contribution in [0, 0.1) is 5.92 Å². The van der Waals surface area contributed by atoms with Gasteiger partial charge < -0.3 is 19.7 Å². The molecule has 3 aromatic rings. The molecule has 0 heterocycles. The van der Waals surface area contributed by atoms with E-state index in [9.17, 15) is 18.0 Å². The molecule has 3 rings (SSSR count). The first-order valence-electron chi connectivity index (χ1n) is 13.6. The van der Waals surface area contributed by atoms with E-state index < -0.39 is 28.5 Å². The summed E-state index contributed by atoms with van der Waals surface area (Å²) < 4.78 is 37.8. The lowest BCUT2D eigenvalue weighted by Crippen LogP contribution is -2.53. The molecular weight excluding hydrogens is 613 g/mol. The summed E-state index contributed by atoms with van der Waals surface area (Å²) in [5.41, 5.74) is 1.60. The van der Waals surface area contributed by atoms with Crippen molar-refractivity contribution in [2.24, 2.45) is 5.92 Å². The molecule has 1 atom stereocenters. The van der Waals surface area contributed by atoms with E-state index in [1.807, 2.05) is 44.2 Å². The van der Waals surface area contributed by atoms with Crippen molar-refractivity contribution in [1.82, 2.24) is 10.2 Å². The molecule has 0 spiro atoms. The lowest BCUT2D eigenvalue weighted by atomic mass is 10.0. The van der Waals surface area contributed by atoms with E-state index in [0.29, 0.717) is 22.9 Å². The monoisotopic (exact) mass is 649 g/mol. The fourth-order valence-corrected chi connectivity index (χ4v) is 5.57. The summed E-state index contributed by atoms with van der Waals surface area (Å²) in [6, 6.07) is 17.9. The fraction of sp³-hybridized carbons (Fsp3) is 0.355. The average molecular weight is 651 g/mol. The molecule has 232 valence electrons.